The topological polar surface area (TPSA) is 65.3 Å². The van der Waals surface area contributed by atoms with Crippen molar-refractivity contribution < 1.29 is 71.1 Å². The molecule has 24 heteroatoms. The van der Waals surface area contributed by atoms with Gasteiger partial charge in [0.25, 0.3) is 5.91 Å². The van der Waals surface area contributed by atoms with Crippen molar-refractivity contribution in [2.45, 2.75) is 48.3 Å². The summed E-state index contributed by atoms with van der Waals surface area (Å²) < 4.78 is 179. The van der Waals surface area contributed by atoms with Crippen LogP contribution >= 0.6 is 47.0 Å². The zero-order chi connectivity index (χ0) is 39.4. The molecule has 0 N–H and O–H groups in total. The smallest absolute Gasteiger partial charge is 0.309 e. The first-order valence-corrected chi connectivity index (χ1v) is 17.8. The Balaban J connectivity index is 0.000000280. The summed E-state index contributed by atoms with van der Waals surface area (Å²) in [7, 11) is 0. The fraction of sp³-hybridized carbons (Fsp3) is 0.429. The number of carbonyl (C=O) groups is 2. The van der Waals surface area contributed by atoms with E-state index >= 15 is 0 Å². The molecule has 0 aliphatic carbocycles. The van der Waals surface area contributed by atoms with Gasteiger partial charge in [-0.1, -0.05) is 23.5 Å². The molecule has 0 spiro atoms. The predicted molar refractivity (Wildman–Crippen MR) is 171 cm³/mol. The SMILES string of the molecule is Cc1cc(F)c(N(CC(F)(F)F)C2=NC(=O)CS2)cc1SCC(F)(F)F.Cc1cc(F)c(N=C2SCC(=O)N2CC(F)(F)F)cc1SCC(F)(F)F. The molecule has 2 heterocycles. The van der Waals surface area contributed by atoms with Crippen LogP contribution in [0.25, 0.3) is 0 Å². The summed E-state index contributed by atoms with van der Waals surface area (Å²) in [4.78, 5) is 30.9. The maximum atomic E-state index is 14.3. The van der Waals surface area contributed by atoms with Crippen LogP contribution in [-0.2, 0) is 9.59 Å². The van der Waals surface area contributed by atoms with Crippen molar-refractivity contribution in [1.82, 2.24) is 4.90 Å². The summed E-state index contributed by atoms with van der Waals surface area (Å²) in [5.74, 6) is -6.40. The average Bonchev–Trinajstić information content (AvgIpc) is 3.55. The van der Waals surface area contributed by atoms with Crippen LogP contribution in [0.4, 0.5) is 72.8 Å². The molecule has 2 aliphatic heterocycles. The number of aliphatic imine (C=N–C) groups is 2. The first-order chi connectivity index (χ1) is 23.7. The Kier molecular flexibility index (Phi) is 14.3. The molecule has 2 amide bonds. The molecule has 0 saturated carbocycles. The van der Waals surface area contributed by atoms with E-state index in [9.17, 15) is 71.1 Å². The summed E-state index contributed by atoms with van der Waals surface area (Å²) in [6, 6.07) is 3.76. The van der Waals surface area contributed by atoms with Gasteiger partial charge in [-0.15, -0.1) is 23.5 Å². The third kappa shape index (κ3) is 13.8. The fourth-order valence-electron chi connectivity index (χ4n) is 4.00. The van der Waals surface area contributed by atoms with Crippen LogP contribution in [0, 0.1) is 25.5 Å². The zero-order valence-electron chi connectivity index (χ0n) is 26.1. The summed E-state index contributed by atoms with van der Waals surface area (Å²) in [5.41, 5.74) is -0.615. The van der Waals surface area contributed by atoms with Gasteiger partial charge in [0.2, 0.25) is 5.91 Å². The van der Waals surface area contributed by atoms with E-state index in [1.807, 2.05) is 0 Å². The monoisotopic (exact) mass is 840 g/mol. The first-order valence-electron chi connectivity index (χ1n) is 13.9. The number of benzene rings is 2. The first kappa shape index (κ1) is 43.5. The van der Waals surface area contributed by atoms with Crippen molar-refractivity contribution in [3.05, 3.63) is 47.0 Å². The minimum atomic E-state index is -4.74. The van der Waals surface area contributed by atoms with E-state index in [1.54, 1.807) is 0 Å². The van der Waals surface area contributed by atoms with E-state index in [4.69, 9.17) is 0 Å². The molecule has 4 rings (SSSR count). The lowest BCUT2D eigenvalue weighted by Crippen LogP contribution is -2.38. The Morgan fingerprint density at radius 1 is 0.750 bits per heavy atom. The summed E-state index contributed by atoms with van der Waals surface area (Å²) in [6.07, 6.45) is -18.3. The Morgan fingerprint density at radius 3 is 1.77 bits per heavy atom. The van der Waals surface area contributed by atoms with Crippen molar-refractivity contribution in [3.63, 3.8) is 0 Å². The van der Waals surface area contributed by atoms with Gasteiger partial charge in [-0.05, 0) is 49.2 Å². The molecule has 1 fully saturated rings. The maximum absolute atomic E-state index is 14.3. The van der Waals surface area contributed by atoms with E-state index in [0.717, 1.165) is 24.3 Å². The van der Waals surface area contributed by atoms with E-state index in [-0.39, 0.29) is 42.8 Å². The summed E-state index contributed by atoms with van der Waals surface area (Å²) >= 11 is 2.17. The van der Waals surface area contributed by atoms with Gasteiger partial charge in [0.1, 0.15) is 30.4 Å². The maximum Gasteiger partial charge on any atom is 0.406 e. The molecule has 6 nitrogen and oxygen atoms in total. The quantitative estimate of drug-likeness (QED) is 0.194. The normalized spacial score (nSPS) is 16.4. The molecule has 2 aromatic rings. The van der Waals surface area contributed by atoms with Crippen molar-refractivity contribution in [1.29, 1.82) is 0 Å². The highest BCUT2D eigenvalue weighted by atomic mass is 32.2. The van der Waals surface area contributed by atoms with Crippen LogP contribution in [0.1, 0.15) is 11.1 Å². The van der Waals surface area contributed by atoms with Gasteiger partial charge in [0.15, 0.2) is 10.3 Å². The van der Waals surface area contributed by atoms with Crippen molar-refractivity contribution in [2.24, 2.45) is 9.98 Å². The number of halogens is 14. The predicted octanol–water partition coefficient (Wildman–Crippen LogP) is 9.70. The van der Waals surface area contributed by atoms with Crippen LogP contribution in [0.15, 0.2) is 44.0 Å². The number of carbonyl (C=O) groups excluding carboxylic acids is 2. The highest BCUT2D eigenvalue weighted by Crippen LogP contribution is 2.38. The van der Waals surface area contributed by atoms with Crippen molar-refractivity contribution >= 4 is 80.6 Å². The van der Waals surface area contributed by atoms with E-state index < -0.39 is 84.1 Å². The van der Waals surface area contributed by atoms with Crippen LogP contribution in [0.3, 0.4) is 0 Å². The van der Waals surface area contributed by atoms with Gasteiger partial charge in [-0.2, -0.15) is 57.7 Å². The van der Waals surface area contributed by atoms with Gasteiger partial charge in [0, 0.05) is 9.79 Å². The lowest BCUT2D eigenvalue weighted by atomic mass is 10.2. The van der Waals surface area contributed by atoms with Crippen LogP contribution < -0.4 is 4.90 Å². The van der Waals surface area contributed by atoms with Crippen LogP contribution in [-0.4, -0.2) is 87.9 Å². The van der Waals surface area contributed by atoms with Gasteiger partial charge in [-0.25, -0.2) is 13.8 Å². The summed E-state index contributed by atoms with van der Waals surface area (Å²) in [5, 5.41) is -0.691. The molecule has 0 atom stereocenters. The van der Waals surface area contributed by atoms with Gasteiger partial charge >= 0.3 is 24.7 Å². The minimum Gasteiger partial charge on any atom is -0.309 e. The van der Waals surface area contributed by atoms with E-state index in [2.05, 4.69) is 9.98 Å². The fourth-order valence-corrected chi connectivity index (χ4v) is 7.29. The number of thioether (sulfide) groups is 4. The van der Waals surface area contributed by atoms with Gasteiger partial charge in [0.05, 0.1) is 28.7 Å². The largest absolute Gasteiger partial charge is 0.406 e. The Labute approximate surface area is 302 Å². The Morgan fingerprint density at radius 2 is 1.29 bits per heavy atom. The zero-order valence-corrected chi connectivity index (χ0v) is 29.3. The minimum absolute atomic E-state index is 0.0131. The number of nitrogens with zero attached hydrogens (tertiary/aromatic N) is 4. The second-order valence-electron chi connectivity index (χ2n) is 10.5. The third-order valence-electron chi connectivity index (χ3n) is 6.09. The molecular formula is C28H22F14N4O2S4. The lowest BCUT2D eigenvalue weighted by Gasteiger charge is -2.26. The van der Waals surface area contributed by atoms with Crippen molar-refractivity contribution in [2.75, 3.05) is 41.0 Å². The number of amidine groups is 2. The number of hydrogen-bond donors (Lipinski definition) is 0. The number of rotatable bonds is 8. The molecule has 0 unspecified atom stereocenters. The highest BCUT2D eigenvalue weighted by Gasteiger charge is 2.39. The van der Waals surface area contributed by atoms with E-state index in [1.165, 1.54) is 13.8 Å². The molecular weight excluding hydrogens is 819 g/mol. The number of amides is 2. The molecule has 0 radical (unpaired) electrons. The Hall–Kier alpha value is -2.86. The van der Waals surface area contributed by atoms with Crippen molar-refractivity contribution in [3.8, 4) is 0 Å². The number of alkyl halides is 12. The molecule has 2 aliphatic rings. The van der Waals surface area contributed by atoms with Gasteiger partial charge in [-0.3, -0.25) is 14.5 Å². The molecule has 0 bridgehead atoms. The molecule has 288 valence electrons. The highest BCUT2D eigenvalue weighted by molar-refractivity contribution is 8.15. The van der Waals surface area contributed by atoms with Gasteiger partial charge < -0.3 is 4.90 Å². The van der Waals surface area contributed by atoms with E-state index in [0.29, 0.717) is 56.8 Å². The second-order valence-corrected chi connectivity index (χ2v) is 14.4. The molecule has 0 aromatic heterocycles. The lowest BCUT2D eigenvalue weighted by molar-refractivity contribution is -0.150. The number of aryl methyl sites for hydroxylation is 2. The molecule has 1 saturated heterocycles. The Bertz CT molecular complexity index is 1710. The molecule has 2 aromatic carbocycles. The summed E-state index contributed by atoms with van der Waals surface area (Å²) in [6.45, 7) is -0.441. The third-order valence-corrected chi connectivity index (χ3v) is 10.5. The second kappa shape index (κ2) is 17.1. The average molecular weight is 841 g/mol. The number of hydrogen-bond acceptors (Lipinski definition) is 8. The standard InChI is InChI=1S/2C14H11F7N2OS2/c1-7-2-8(15)9(3-10(7)26-6-14(19,20)21)23(5-13(16,17)18)12-22-11(24)4-25-12;1-7-2-8(15)9(3-10(7)26-6-14(19,20)21)22-12-23(5-13(16,17)18)11(24)4-25-12/h2*2-3H,4-6H2,1H3. The number of anilines is 1. The van der Waals surface area contributed by atoms with Crippen LogP contribution in [0.2, 0.25) is 0 Å². The van der Waals surface area contributed by atoms with Crippen LogP contribution in [0.5, 0.6) is 0 Å². The molecule has 52 heavy (non-hydrogen) atoms.